The second-order valence-electron chi connectivity index (χ2n) is 6.94. The van der Waals surface area contributed by atoms with Crippen molar-refractivity contribution in [3.63, 3.8) is 0 Å². The van der Waals surface area contributed by atoms with Gasteiger partial charge in [0.1, 0.15) is 18.1 Å². The van der Waals surface area contributed by atoms with E-state index in [-0.39, 0.29) is 6.42 Å². The van der Waals surface area contributed by atoms with Crippen molar-refractivity contribution >= 4 is 17.6 Å². The maximum Gasteiger partial charge on any atom is 0.311 e. The Morgan fingerprint density at radius 1 is 0.839 bits per heavy atom. The van der Waals surface area contributed by atoms with Gasteiger partial charge in [0, 0.05) is 5.69 Å². The highest BCUT2D eigenvalue weighted by atomic mass is 16.5. The molecular weight excluding hydrogens is 394 g/mol. The quantitative estimate of drug-likeness (QED) is 0.521. The van der Waals surface area contributed by atoms with Crippen molar-refractivity contribution < 1.29 is 23.8 Å². The lowest BCUT2D eigenvalue weighted by molar-refractivity contribution is -0.152. The second kappa shape index (κ2) is 10.8. The molecule has 3 rings (SSSR count). The van der Waals surface area contributed by atoms with Gasteiger partial charge in [-0.1, -0.05) is 42.5 Å². The molecule has 0 aliphatic heterocycles. The third-order valence-corrected chi connectivity index (χ3v) is 4.56. The summed E-state index contributed by atoms with van der Waals surface area (Å²) >= 11 is 0. The Labute approximate surface area is 181 Å². The Morgan fingerprint density at radius 3 is 2.13 bits per heavy atom. The fourth-order valence-corrected chi connectivity index (χ4v) is 2.82. The number of carbonyl (C=O) groups is 2. The van der Waals surface area contributed by atoms with E-state index in [1.54, 1.807) is 62.6 Å². The number of carbonyl (C=O) groups excluding carboxylic acids is 2. The predicted octanol–water partition coefficient (Wildman–Crippen LogP) is 4.39. The zero-order valence-corrected chi connectivity index (χ0v) is 17.5. The Hall–Kier alpha value is -3.80. The summed E-state index contributed by atoms with van der Waals surface area (Å²) in [6, 6.07) is 24.0. The smallest absolute Gasteiger partial charge is 0.311 e. The molecule has 0 heterocycles. The number of nitrogens with one attached hydrogen (secondary N) is 1. The molecule has 6 heteroatoms. The van der Waals surface area contributed by atoms with Crippen LogP contribution in [0.25, 0.3) is 0 Å². The van der Waals surface area contributed by atoms with Crippen molar-refractivity contribution in [2.75, 3.05) is 12.4 Å². The van der Waals surface area contributed by atoms with E-state index in [4.69, 9.17) is 14.2 Å². The molecule has 3 aromatic carbocycles. The zero-order valence-electron chi connectivity index (χ0n) is 17.5. The van der Waals surface area contributed by atoms with Gasteiger partial charge < -0.3 is 19.5 Å². The molecule has 0 spiro atoms. The lowest BCUT2D eigenvalue weighted by atomic mass is 10.1. The number of esters is 1. The van der Waals surface area contributed by atoms with Gasteiger partial charge in [0.15, 0.2) is 6.10 Å². The summed E-state index contributed by atoms with van der Waals surface area (Å²) in [5.41, 5.74) is 2.45. The van der Waals surface area contributed by atoms with Crippen molar-refractivity contribution in [1.29, 1.82) is 0 Å². The van der Waals surface area contributed by atoms with E-state index in [0.29, 0.717) is 23.8 Å². The molecule has 0 fully saturated rings. The SMILES string of the molecule is COc1ccc(CC(=O)O[C@@H](C)C(=O)Nc2ccc(OCc3ccccc3)cc2)cc1. The van der Waals surface area contributed by atoms with E-state index >= 15 is 0 Å². The average molecular weight is 419 g/mol. The predicted molar refractivity (Wildman–Crippen MR) is 118 cm³/mol. The van der Waals surface area contributed by atoms with Gasteiger partial charge in [-0.05, 0) is 54.4 Å². The van der Waals surface area contributed by atoms with Gasteiger partial charge in [-0.3, -0.25) is 9.59 Å². The Balaban J connectivity index is 1.45. The molecule has 3 aromatic rings. The molecule has 1 atom stereocenters. The minimum Gasteiger partial charge on any atom is -0.497 e. The molecule has 0 aromatic heterocycles. The molecule has 1 N–H and O–H groups in total. The molecule has 0 saturated carbocycles. The van der Waals surface area contributed by atoms with Crippen LogP contribution in [-0.4, -0.2) is 25.1 Å². The maximum absolute atomic E-state index is 12.3. The summed E-state index contributed by atoms with van der Waals surface area (Å²) in [6.45, 7) is 2.01. The van der Waals surface area contributed by atoms with E-state index in [1.165, 1.54) is 0 Å². The van der Waals surface area contributed by atoms with Crippen LogP contribution in [0.2, 0.25) is 0 Å². The molecule has 31 heavy (non-hydrogen) atoms. The standard InChI is InChI=1S/C25H25NO5/c1-18(31-24(27)16-19-8-12-22(29-2)13-9-19)25(28)26-21-10-14-23(15-11-21)30-17-20-6-4-3-5-7-20/h3-15,18H,16-17H2,1-2H3,(H,26,28)/t18-/m0/s1. The molecule has 0 aliphatic carbocycles. The fraction of sp³-hybridized carbons (Fsp3) is 0.200. The Morgan fingerprint density at radius 2 is 1.48 bits per heavy atom. The molecule has 160 valence electrons. The van der Waals surface area contributed by atoms with Crippen LogP contribution >= 0.6 is 0 Å². The van der Waals surface area contributed by atoms with Crippen LogP contribution < -0.4 is 14.8 Å². The van der Waals surface area contributed by atoms with Crippen LogP contribution in [0.3, 0.4) is 0 Å². The number of hydrogen-bond donors (Lipinski definition) is 1. The monoisotopic (exact) mass is 419 g/mol. The highest BCUT2D eigenvalue weighted by Crippen LogP contribution is 2.18. The van der Waals surface area contributed by atoms with Crippen LogP contribution in [0.5, 0.6) is 11.5 Å². The van der Waals surface area contributed by atoms with E-state index in [2.05, 4.69) is 5.32 Å². The zero-order chi connectivity index (χ0) is 22.1. The molecule has 0 saturated heterocycles. The summed E-state index contributed by atoms with van der Waals surface area (Å²) in [5.74, 6) is 0.528. The highest BCUT2D eigenvalue weighted by molar-refractivity contribution is 5.95. The number of rotatable bonds is 9. The van der Waals surface area contributed by atoms with Gasteiger partial charge in [0.2, 0.25) is 0 Å². The Bertz CT molecular complexity index is 985. The number of ether oxygens (including phenoxy) is 3. The van der Waals surface area contributed by atoms with Crippen LogP contribution in [0.15, 0.2) is 78.9 Å². The lowest BCUT2D eigenvalue weighted by Crippen LogP contribution is -2.30. The summed E-state index contributed by atoms with van der Waals surface area (Å²) in [5, 5.41) is 2.74. The average Bonchev–Trinajstić information content (AvgIpc) is 2.79. The summed E-state index contributed by atoms with van der Waals surface area (Å²) in [7, 11) is 1.58. The van der Waals surface area contributed by atoms with Crippen molar-refractivity contribution in [2.45, 2.75) is 26.1 Å². The van der Waals surface area contributed by atoms with E-state index in [1.807, 2.05) is 30.3 Å². The second-order valence-corrected chi connectivity index (χ2v) is 6.94. The number of benzene rings is 3. The fourth-order valence-electron chi connectivity index (χ4n) is 2.82. The number of methoxy groups -OCH3 is 1. The van der Waals surface area contributed by atoms with Gasteiger partial charge in [-0.2, -0.15) is 0 Å². The third kappa shape index (κ3) is 6.89. The van der Waals surface area contributed by atoms with Gasteiger partial charge in [0.25, 0.3) is 5.91 Å². The Kier molecular flexibility index (Phi) is 7.65. The highest BCUT2D eigenvalue weighted by Gasteiger charge is 2.18. The summed E-state index contributed by atoms with van der Waals surface area (Å²) < 4.78 is 16.1. The van der Waals surface area contributed by atoms with Crippen molar-refractivity contribution in [3.05, 3.63) is 90.0 Å². The van der Waals surface area contributed by atoms with Crippen LogP contribution in [0.1, 0.15) is 18.1 Å². The van der Waals surface area contributed by atoms with Gasteiger partial charge in [-0.15, -0.1) is 0 Å². The molecule has 0 radical (unpaired) electrons. The van der Waals surface area contributed by atoms with Crippen LogP contribution in [0.4, 0.5) is 5.69 Å². The molecule has 0 bridgehead atoms. The molecule has 0 unspecified atom stereocenters. The molecule has 0 aliphatic rings. The minimum atomic E-state index is -0.917. The van der Waals surface area contributed by atoms with Crippen LogP contribution in [-0.2, 0) is 27.4 Å². The first-order valence-corrected chi connectivity index (χ1v) is 9.93. The summed E-state index contributed by atoms with van der Waals surface area (Å²) in [4.78, 5) is 24.5. The van der Waals surface area contributed by atoms with Gasteiger partial charge >= 0.3 is 5.97 Å². The molecular formula is C25H25NO5. The first kappa shape index (κ1) is 21.9. The summed E-state index contributed by atoms with van der Waals surface area (Å²) in [6.07, 6.45) is -0.838. The lowest BCUT2D eigenvalue weighted by Gasteiger charge is -2.14. The van der Waals surface area contributed by atoms with E-state index < -0.39 is 18.0 Å². The van der Waals surface area contributed by atoms with Crippen molar-refractivity contribution in [1.82, 2.24) is 0 Å². The molecule has 1 amide bonds. The minimum absolute atomic E-state index is 0.0784. The largest absolute Gasteiger partial charge is 0.497 e. The topological polar surface area (TPSA) is 73.9 Å². The van der Waals surface area contributed by atoms with Crippen LogP contribution in [0, 0.1) is 0 Å². The van der Waals surface area contributed by atoms with Crippen molar-refractivity contribution in [3.8, 4) is 11.5 Å². The van der Waals surface area contributed by atoms with Gasteiger partial charge in [-0.25, -0.2) is 0 Å². The number of hydrogen-bond acceptors (Lipinski definition) is 5. The van der Waals surface area contributed by atoms with E-state index in [0.717, 1.165) is 11.1 Å². The number of amides is 1. The van der Waals surface area contributed by atoms with Gasteiger partial charge in [0.05, 0.1) is 13.5 Å². The first-order valence-electron chi connectivity index (χ1n) is 9.93. The molecule has 6 nitrogen and oxygen atoms in total. The van der Waals surface area contributed by atoms with Crippen molar-refractivity contribution in [2.24, 2.45) is 0 Å². The number of anilines is 1. The first-order chi connectivity index (χ1) is 15.0. The third-order valence-electron chi connectivity index (χ3n) is 4.56. The maximum atomic E-state index is 12.3. The normalized spacial score (nSPS) is 11.3. The van der Waals surface area contributed by atoms with E-state index in [9.17, 15) is 9.59 Å².